The van der Waals surface area contributed by atoms with Gasteiger partial charge in [-0.15, -0.1) is 0 Å². The number of rotatable bonds is 6. The van der Waals surface area contributed by atoms with Crippen molar-refractivity contribution in [1.82, 2.24) is 40.0 Å². The van der Waals surface area contributed by atoms with E-state index in [2.05, 4.69) is 145 Å². The van der Waals surface area contributed by atoms with Crippen LogP contribution in [0.3, 0.4) is 0 Å². The SMILES string of the molecule is CC(C)I.CCC.CCOC(=O)c1n[nH]c2ccc(Br)cc12.CCOC(=O)c1nn(C)c2ccc(Br)cc12.Cn1nc(C(=O)O)c2cc(Br)ccc21.O=C(O)c1n[nH]c2ccc(Br)cc12. The molecule has 0 spiro atoms. The second-order valence-corrected chi connectivity index (χ2v) is 19.7. The van der Waals surface area contributed by atoms with Crippen LogP contribution in [0.4, 0.5) is 0 Å². The number of H-pyrrole nitrogens is 2. The first-order valence-corrected chi connectivity index (χ1v) is 24.2. The molecule has 0 bridgehead atoms. The number of aromatic amines is 2. The number of alkyl halides is 1. The predicted octanol–water partition coefficient (Wildman–Crippen LogP) is 12.3. The number of carboxylic acids is 2. The zero-order valence-electron chi connectivity index (χ0n) is 36.5. The van der Waals surface area contributed by atoms with Gasteiger partial charge in [0.25, 0.3) is 0 Å². The molecule has 4 aromatic carbocycles. The minimum Gasteiger partial charge on any atom is -0.476 e. The lowest BCUT2D eigenvalue weighted by atomic mass is 10.2. The maximum atomic E-state index is 11.7. The highest BCUT2D eigenvalue weighted by molar-refractivity contribution is 14.1. The molecule has 4 N–H and O–H groups in total. The third-order valence-electron chi connectivity index (χ3n) is 8.02. The molecule has 0 saturated heterocycles. The molecule has 21 heteroatoms. The summed E-state index contributed by atoms with van der Waals surface area (Å²) in [4.78, 5) is 44.7. The van der Waals surface area contributed by atoms with E-state index in [4.69, 9.17) is 19.7 Å². The molecule has 0 aliphatic heterocycles. The summed E-state index contributed by atoms with van der Waals surface area (Å²) in [6.45, 7) is 12.8. The second-order valence-electron chi connectivity index (χ2n) is 13.6. The molecular weight excluding hydrogens is 1220 g/mol. The van der Waals surface area contributed by atoms with Crippen LogP contribution in [0.1, 0.15) is 89.9 Å². The average molecular weight is 1260 g/mol. The zero-order chi connectivity index (χ0) is 48.5. The summed E-state index contributed by atoms with van der Waals surface area (Å²) in [5, 5.41) is 41.6. The quantitative estimate of drug-likeness (QED) is 0.0694. The van der Waals surface area contributed by atoms with Gasteiger partial charge in [-0.1, -0.05) is 120 Å². The van der Waals surface area contributed by atoms with E-state index in [1.54, 1.807) is 55.5 Å². The van der Waals surface area contributed by atoms with Crippen molar-refractivity contribution in [2.75, 3.05) is 13.2 Å². The van der Waals surface area contributed by atoms with E-state index in [1.165, 1.54) is 6.42 Å². The zero-order valence-corrected chi connectivity index (χ0v) is 45.0. The van der Waals surface area contributed by atoms with E-state index in [1.807, 2.05) is 54.6 Å². The predicted molar refractivity (Wildman–Crippen MR) is 275 cm³/mol. The Morgan fingerprint density at radius 3 is 1.31 bits per heavy atom. The van der Waals surface area contributed by atoms with Gasteiger partial charge in [-0.05, 0) is 86.6 Å². The van der Waals surface area contributed by atoms with Crippen molar-refractivity contribution < 1.29 is 38.9 Å². The lowest BCUT2D eigenvalue weighted by molar-refractivity contribution is 0.0511. The van der Waals surface area contributed by atoms with E-state index in [-0.39, 0.29) is 17.4 Å². The van der Waals surface area contributed by atoms with Crippen molar-refractivity contribution in [1.29, 1.82) is 0 Å². The summed E-state index contributed by atoms with van der Waals surface area (Å²) in [5.41, 5.74) is 4.09. The molecule has 0 aliphatic rings. The topological polar surface area (TPSA) is 220 Å². The number of benzene rings is 4. The van der Waals surface area contributed by atoms with Crippen molar-refractivity contribution >= 4 is 154 Å². The molecular formula is C44H47Br4IN8O8. The van der Waals surface area contributed by atoms with Gasteiger partial charge in [0, 0.05) is 57.5 Å². The third kappa shape index (κ3) is 15.7. The maximum Gasteiger partial charge on any atom is 0.359 e. The molecule has 0 atom stereocenters. The Bertz CT molecular complexity index is 2890. The molecule has 4 aromatic heterocycles. The van der Waals surface area contributed by atoms with E-state index in [0.29, 0.717) is 35.4 Å². The van der Waals surface area contributed by atoms with E-state index >= 15 is 0 Å². The normalized spacial score (nSPS) is 10.3. The average Bonchev–Trinajstić information content (AvgIpc) is 4.02. The number of carbonyl (C=O) groups excluding carboxylic acids is 2. The highest BCUT2D eigenvalue weighted by Crippen LogP contribution is 2.25. The van der Waals surface area contributed by atoms with Crippen LogP contribution in [-0.4, -0.2) is 91.2 Å². The molecule has 65 heavy (non-hydrogen) atoms. The highest BCUT2D eigenvalue weighted by atomic mass is 127. The number of halogens is 5. The highest BCUT2D eigenvalue weighted by Gasteiger charge is 2.18. The number of nitrogens with zero attached hydrogens (tertiary/aromatic N) is 6. The first kappa shape index (κ1) is 54.6. The molecule has 0 amide bonds. The Labute approximate surface area is 421 Å². The van der Waals surface area contributed by atoms with E-state index in [0.717, 1.165) is 54.7 Å². The number of aryl methyl sites for hydroxylation is 2. The Balaban J connectivity index is 0.000000220. The largest absolute Gasteiger partial charge is 0.476 e. The summed E-state index contributed by atoms with van der Waals surface area (Å²) in [6, 6.07) is 22.0. The van der Waals surface area contributed by atoms with Gasteiger partial charge in [0.1, 0.15) is 0 Å². The number of esters is 2. The summed E-state index contributed by atoms with van der Waals surface area (Å²) in [5.74, 6) is -2.81. The molecule has 346 valence electrons. The van der Waals surface area contributed by atoms with Crippen LogP contribution < -0.4 is 0 Å². The number of aromatic carboxylic acids is 2. The van der Waals surface area contributed by atoms with Gasteiger partial charge < -0.3 is 19.7 Å². The Morgan fingerprint density at radius 2 is 0.908 bits per heavy atom. The van der Waals surface area contributed by atoms with Crippen LogP contribution in [0, 0.1) is 0 Å². The van der Waals surface area contributed by atoms with Crippen LogP contribution in [0.15, 0.2) is 90.7 Å². The van der Waals surface area contributed by atoms with Crippen molar-refractivity contribution in [2.24, 2.45) is 14.1 Å². The minimum absolute atomic E-state index is 0.0521. The smallest absolute Gasteiger partial charge is 0.359 e. The van der Waals surface area contributed by atoms with Gasteiger partial charge in [-0.25, -0.2) is 19.2 Å². The van der Waals surface area contributed by atoms with Crippen LogP contribution in [0.25, 0.3) is 43.6 Å². The molecule has 0 fully saturated rings. The fourth-order valence-corrected chi connectivity index (χ4v) is 6.92. The number of hydrogen-bond acceptors (Lipinski definition) is 10. The Morgan fingerprint density at radius 1 is 0.585 bits per heavy atom. The molecule has 0 radical (unpaired) electrons. The molecule has 4 heterocycles. The summed E-state index contributed by atoms with van der Waals surface area (Å²) in [6.07, 6.45) is 1.25. The second kappa shape index (κ2) is 26.4. The molecule has 8 rings (SSSR count). The fraction of sp³-hybridized carbons (Fsp3) is 0.273. The lowest BCUT2D eigenvalue weighted by Gasteiger charge is -1.98. The number of nitrogens with one attached hydrogen (secondary N) is 2. The Kier molecular flexibility index (Phi) is 22.2. The number of ether oxygens (including phenoxy) is 2. The van der Waals surface area contributed by atoms with E-state index < -0.39 is 17.9 Å². The van der Waals surface area contributed by atoms with Crippen molar-refractivity contribution in [3.05, 3.63) is 113 Å². The minimum atomic E-state index is -1.02. The summed E-state index contributed by atoms with van der Waals surface area (Å²) >= 11 is 15.6. The van der Waals surface area contributed by atoms with Gasteiger partial charge in [0.2, 0.25) is 0 Å². The van der Waals surface area contributed by atoms with E-state index in [9.17, 15) is 19.2 Å². The molecule has 16 nitrogen and oxygen atoms in total. The summed E-state index contributed by atoms with van der Waals surface area (Å²) in [7, 11) is 3.53. The number of carboxylic acid groups (broad SMARTS) is 2. The Hall–Kier alpha value is -4.71. The van der Waals surface area contributed by atoms with Crippen LogP contribution >= 0.6 is 86.3 Å². The van der Waals surface area contributed by atoms with Gasteiger partial charge in [0.05, 0.1) is 35.3 Å². The van der Waals surface area contributed by atoms with Crippen molar-refractivity contribution in [3.8, 4) is 0 Å². The lowest BCUT2D eigenvalue weighted by Crippen LogP contribution is -2.06. The van der Waals surface area contributed by atoms with Crippen LogP contribution in [-0.2, 0) is 23.6 Å². The number of fused-ring (bicyclic) bond motifs is 4. The standard InChI is InChI=1S/C11H11BrN2O2.C10H9BrN2O2.C9H7BrN2O2.C8H5BrN2O2.C3H7I.C3H8/c1-3-16-11(15)10-8-6-7(12)4-5-9(8)14(2)13-10;1-2-15-10(14)9-7-5-6(11)3-4-8(7)12-13-9;1-12-7-3-2-5(10)4-6(7)8(11-12)9(13)14;9-4-1-2-6-5(3-4)7(8(12)13)11-10-6;1-3(2)4;1-3-2/h4-6H,3H2,1-2H3;3-5H,2H2,1H3,(H,12,13);2-4H,1H3,(H,13,14);1-3H,(H,10,11)(H,12,13);3H,1-2H3;3H2,1-2H3. The van der Waals surface area contributed by atoms with Gasteiger partial charge in [0.15, 0.2) is 22.8 Å². The first-order chi connectivity index (χ1) is 30.8. The van der Waals surface area contributed by atoms with Gasteiger partial charge in [-0.3, -0.25) is 19.6 Å². The number of carbonyl (C=O) groups is 4. The molecule has 0 saturated carbocycles. The van der Waals surface area contributed by atoms with Crippen LogP contribution in [0.5, 0.6) is 0 Å². The molecule has 8 aromatic rings. The number of aromatic nitrogens is 8. The van der Waals surface area contributed by atoms with Crippen LogP contribution in [0.2, 0.25) is 0 Å². The third-order valence-corrected chi connectivity index (χ3v) is 9.99. The van der Waals surface area contributed by atoms with Crippen molar-refractivity contribution in [3.63, 3.8) is 0 Å². The van der Waals surface area contributed by atoms with Gasteiger partial charge >= 0.3 is 23.9 Å². The maximum absolute atomic E-state index is 11.7. The summed E-state index contributed by atoms with van der Waals surface area (Å²) < 4.78 is 17.4. The fourth-order valence-electron chi connectivity index (χ4n) is 5.47. The van der Waals surface area contributed by atoms with Gasteiger partial charge in [-0.2, -0.15) is 20.4 Å². The molecule has 0 aliphatic carbocycles. The first-order valence-electron chi connectivity index (χ1n) is 19.7. The number of hydrogen-bond donors (Lipinski definition) is 4. The van der Waals surface area contributed by atoms with Crippen molar-refractivity contribution in [2.45, 2.75) is 51.9 Å². The monoisotopic (exact) mass is 1260 g/mol. The molecule has 0 unspecified atom stereocenters.